The normalized spacial score (nSPS) is 24.4. The van der Waals surface area contributed by atoms with E-state index < -0.39 is 17.7 Å². The molecule has 0 aromatic heterocycles. The first-order chi connectivity index (χ1) is 17.2. The van der Waals surface area contributed by atoms with Crippen molar-refractivity contribution >= 4 is 18.0 Å². The molecule has 4 rings (SSSR count). The molecule has 2 atom stereocenters. The largest absolute Gasteiger partial charge is 0.507 e. The van der Waals surface area contributed by atoms with Crippen LogP contribution in [-0.4, -0.2) is 91.1 Å². The number of fused-ring (bicyclic) bond motifs is 1. The Morgan fingerprint density at radius 3 is 2.39 bits per heavy atom. The third-order valence-corrected chi connectivity index (χ3v) is 6.85. The molecular formula is C27H38N2O7. The highest BCUT2D eigenvalue weighted by Gasteiger charge is 2.50. The molecule has 9 heteroatoms. The number of phenols is 1. The van der Waals surface area contributed by atoms with Crippen LogP contribution in [0.1, 0.15) is 51.3 Å². The van der Waals surface area contributed by atoms with Gasteiger partial charge in [-0.15, -0.1) is 0 Å². The summed E-state index contributed by atoms with van der Waals surface area (Å²) in [6.07, 6.45) is 2.76. The molecule has 0 bridgehead atoms. The van der Waals surface area contributed by atoms with Crippen LogP contribution in [0, 0.1) is 5.92 Å². The van der Waals surface area contributed by atoms with E-state index in [0.717, 1.165) is 0 Å². The summed E-state index contributed by atoms with van der Waals surface area (Å²) in [5.41, 5.74) is 0.252. The molecule has 1 aromatic rings. The summed E-state index contributed by atoms with van der Waals surface area (Å²) in [6, 6.07) is 3.14. The minimum atomic E-state index is -0.821. The molecule has 2 saturated heterocycles. The van der Waals surface area contributed by atoms with Crippen molar-refractivity contribution < 1.29 is 33.6 Å². The van der Waals surface area contributed by atoms with E-state index in [1.54, 1.807) is 17.0 Å². The van der Waals surface area contributed by atoms with Crippen molar-refractivity contribution in [3.05, 3.63) is 29.3 Å². The maximum absolute atomic E-state index is 12.8. The van der Waals surface area contributed by atoms with Gasteiger partial charge in [-0.1, -0.05) is 13.8 Å². The zero-order valence-corrected chi connectivity index (χ0v) is 21.7. The second kappa shape index (κ2) is 11.2. The maximum atomic E-state index is 12.8. The first-order valence-corrected chi connectivity index (χ1v) is 12.8. The van der Waals surface area contributed by atoms with Gasteiger partial charge in [-0.3, -0.25) is 14.5 Å². The maximum Gasteiger partial charge on any atom is 0.306 e. The third kappa shape index (κ3) is 5.85. The number of amides is 1. The van der Waals surface area contributed by atoms with Crippen molar-refractivity contribution in [2.24, 2.45) is 5.92 Å². The molecular weight excluding hydrogens is 464 g/mol. The van der Waals surface area contributed by atoms with E-state index in [-0.39, 0.29) is 23.5 Å². The quantitative estimate of drug-likeness (QED) is 0.469. The van der Waals surface area contributed by atoms with Gasteiger partial charge >= 0.3 is 5.97 Å². The predicted molar refractivity (Wildman–Crippen MR) is 134 cm³/mol. The summed E-state index contributed by atoms with van der Waals surface area (Å²) < 4.78 is 23.3. The van der Waals surface area contributed by atoms with E-state index in [4.69, 9.17) is 18.9 Å². The van der Waals surface area contributed by atoms with E-state index in [9.17, 15) is 14.7 Å². The molecule has 3 aliphatic heterocycles. The van der Waals surface area contributed by atoms with Gasteiger partial charge in [0.1, 0.15) is 17.1 Å². The van der Waals surface area contributed by atoms with Crippen LogP contribution in [0.2, 0.25) is 0 Å². The molecule has 2 fully saturated rings. The Morgan fingerprint density at radius 1 is 1.11 bits per heavy atom. The van der Waals surface area contributed by atoms with Gasteiger partial charge in [0, 0.05) is 44.2 Å². The molecule has 0 unspecified atom stereocenters. The number of carbonyl (C=O) groups excluding carboxylic acids is 2. The summed E-state index contributed by atoms with van der Waals surface area (Å²) in [4.78, 5) is 29.3. The van der Waals surface area contributed by atoms with Crippen LogP contribution in [0.15, 0.2) is 18.2 Å². The molecule has 198 valence electrons. The topological polar surface area (TPSA) is 97.8 Å². The predicted octanol–water partition coefficient (Wildman–Crippen LogP) is 2.77. The van der Waals surface area contributed by atoms with Gasteiger partial charge in [-0.25, -0.2) is 0 Å². The van der Waals surface area contributed by atoms with Crippen LogP contribution in [0.25, 0.3) is 6.08 Å². The van der Waals surface area contributed by atoms with Gasteiger partial charge in [-0.05, 0) is 38.0 Å². The van der Waals surface area contributed by atoms with Crippen LogP contribution < -0.4 is 4.74 Å². The molecule has 1 N–H and O–H groups in total. The van der Waals surface area contributed by atoms with Gasteiger partial charge in [-0.2, -0.15) is 0 Å². The van der Waals surface area contributed by atoms with Crippen molar-refractivity contribution in [1.82, 2.24) is 9.80 Å². The summed E-state index contributed by atoms with van der Waals surface area (Å²) in [5.74, 6) is 0.309. The Kier molecular flexibility index (Phi) is 8.22. The van der Waals surface area contributed by atoms with Gasteiger partial charge in [0.25, 0.3) is 0 Å². The van der Waals surface area contributed by atoms with Crippen LogP contribution in [-0.2, 0) is 23.8 Å². The lowest BCUT2D eigenvalue weighted by atomic mass is 9.83. The molecule has 0 spiro atoms. The molecule has 0 aliphatic carbocycles. The molecule has 3 aliphatic rings. The lowest BCUT2D eigenvalue weighted by molar-refractivity contribution is -0.175. The SMILES string of the molecule is CC(C)CC(=O)O[C@@H]1[C@H](N2CCOCC2)c2c(ccc(/C=C/C(=O)N3CCOCC3)c2O)OC1(C)C. The standard InChI is InChI=1S/C27H38N2O7/c1-18(2)17-22(31)35-26-24(29-11-15-34-16-12-29)23-20(36-27(26,3)4)7-5-19(25(23)32)6-8-21(30)28-9-13-33-14-10-28/h5-8,18,24,26,32H,9-17H2,1-4H3/b8-6+/t24-,26-/m1/s1. The van der Waals surface area contributed by atoms with Crippen LogP contribution in [0.5, 0.6) is 11.5 Å². The van der Waals surface area contributed by atoms with Gasteiger partial charge in [0.05, 0.1) is 38.0 Å². The summed E-state index contributed by atoms with van der Waals surface area (Å²) in [7, 11) is 0. The fourth-order valence-electron chi connectivity index (χ4n) is 5.00. The van der Waals surface area contributed by atoms with Gasteiger partial charge < -0.3 is 29.0 Å². The number of phenolic OH excluding ortho intramolecular Hbond substituents is 1. The number of esters is 1. The minimum Gasteiger partial charge on any atom is -0.507 e. The zero-order chi connectivity index (χ0) is 25.9. The number of aromatic hydroxyl groups is 1. The van der Waals surface area contributed by atoms with Gasteiger partial charge in [0.15, 0.2) is 6.10 Å². The highest BCUT2D eigenvalue weighted by Crippen LogP contribution is 2.49. The summed E-state index contributed by atoms with van der Waals surface area (Å²) in [6.45, 7) is 12.3. The second-order valence-electron chi connectivity index (χ2n) is 10.5. The fraction of sp³-hybridized carbons (Fsp3) is 0.630. The van der Waals surface area contributed by atoms with Crippen molar-refractivity contribution in [3.8, 4) is 11.5 Å². The summed E-state index contributed by atoms with van der Waals surface area (Å²) >= 11 is 0. The Balaban J connectivity index is 1.69. The molecule has 1 amide bonds. The first kappa shape index (κ1) is 26.4. The zero-order valence-electron chi connectivity index (χ0n) is 21.7. The fourth-order valence-corrected chi connectivity index (χ4v) is 5.00. The molecule has 9 nitrogen and oxygen atoms in total. The molecule has 36 heavy (non-hydrogen) atoms. The Hall–Kier alpha value is -2.62. The number of nitrogens with zero attached hydrogens (tertiary/aromatic N) is 2. The number of rotatable bonds is 6. The van der Waals surface area contributed by atoms with E-state index in [0.29, 0.717) is 75.9 Å². The number of carbonyl (C=O) groups is 2. The number of ether oxygens (including phenoxy) is 4. The Morgan fingerprint density at radius 2 is 1.75 bits per heavy atom. The number of hydrogen-bond acceptors (Lipinski definition) is 8. The monoisotopic (exact) mass is 502 g/mol. The molecule has 3 heterocycles. The molecule has 0 saturated carbocycles. The lowest BCUT2D eigenvalue weighted by Gasteiger charge is -2.48. The van der Waals surface area contributed by atoms with E-state index in [1.165, 1.54) is 6.08 Å². The molecule has 1 aromatic carbocycles. The first-order valence-electron chi connectivity index (χ1n) is 12.8. The van der Waals surface area contributed by atoms with Crippen molar-refractivity contribution in [2.75, 3.05) is 52.6 Å². The van der Waals surface area contributed by atoms with Gasteiger partial charge in [0.2, 0.25) is 5.91 Å². The number of hydrogen-bond donors (Lipinski definition) is 1. The average Bonchev–Trinajstić information content (AvgIpc) is 2.84. The third-order valence-electron chi connectivity index (χ3n) is 6.85. The van der Waals surface area contributed by atoms with Crippen molar-refractivity contribution in [2.45, 2.75) is 51.9 Å². The minimum absolute atomic E-state index is 0.0235. The van der Waals surface area contributed by atoms with Crippen LogP contribution in [0.3, 0.4) is 0 Å². The van der Waals surface area contributed by atoms with E-state index in [2.05, 4.69) is 4.90 Å². The van der Waals surface area contributed by atoms with Crippen molar-refractivity contribution in [1.29, 1.82) is 0 Å². The van der Waals surface area contributed by atoms with Crippen molar-refractivity contribution in [3.63, 3.8) is 0 Å². The van der Waals surface area contributed by atoms with Crippen LogP contribution >= 0.6 is 0 Å². The Labute approximate surface area is 212 Å². The number of morpholine rings is 2. The smallest absolute Gasteiger partial charge is 0.306 e. The second-order valence-corrected chi connectivity index (χ2v) is 10.5. The lowest BCUT2D eigenvalue weighted by Crippen LogP contribution is -2.57. The van der Waals surface area contributed by atoms with E-state index >= 15 is 0 Å². The van der Waals surface area contributed by atoms with Crippen LogP contribution in [0.4, 0.5) is 0 Å². The highest BCUT2D eigenvalue weighted by atomic mass is 16.6. The molecule has 0 radical (unpaired) electrons. The van der Waals surface area contributed by atoms with E-state index in [1.807, 2.05) is 33.8 Å². The average molecular weight is 503 g/mol. The summed E-state index contributed by atoms with van der Waals surface area (Å²) in [5, 5.41) is 11.5. The number of benzene rings is 1. The Bertz CT molecular complexity index is 979. The highest BCUT2D eigenvalue weighted by molar-refractivity contribution is 5.92.